The molecular formula is C14H8N2. The minimum Gasteiger partial charge on any atom is -0.192 e. The molecule has 0 heterocycles. The molecule has 0 aromatic heterocycles. The Hall–Kier alpha value is -2.58. The lowest BCUT2D eigenvalue weighted by Gasteiger charge is -2.04. The van der Waals surface area contributed by atoms with E-state index < -0.39 is 0 Å². The van der Waals surface area contributed by atoms with E-state index in [1.165, 1.54) is 0 Å². The second-order valence-corrected chi connectivity index (χ2v) is 3.35. The van der Waals surface area contributed by atoms with E-state index in [9.17, 15) is 0 Å². The Kier molecular flexibility index (Phi) is 2.67. The normalized spacial score (nSPS) is 9.12. The van der Waals surface area contributed by atoms with E-state index in [0.29, 0.717) is 11.1 Å². The van der Waals surface area contributed by atoms with Crippen LogP contribution in [0, 0.1) is 22.7 Å². The zero-order valence-corrected chi connectivity index (χ0v) is 8.51. The molecule has 2 aromatic rings. The van der Waals surface area contributed by atoms with Crippen molar-refractivity contribution in [3.63, 3.8) is 0 Å². The van der Waals surface area contributed by atoms with Gasteiger partial charge in [0.15, 0.2) is 0 Å². The quantitative estimate of drug-likeness (QED) is 0.716. The first-order chi connectivity index (χ1) is 7.85. The molecule has 0 aliphatic heterocycles. The lowest BCUT2D eigenvalue weighted by Crippen LogP contribution is -1.85. The van der Waals surface area contributed by atoms with Gasteiger partial charge in [-0.05, 0) is 23.8 Å². The van der Waals surface area contributed by atoms with Gasteiger partial charge in [-0.25, -0.2) is 0 Å². The average Bonchev–Trinajstić information content (AvgIpc) is 2.39. The van der Waals surface area contributed by atoms with Gasteiger partial charge >= 0.3 is 0 Å². The highest BCUT2D eigenvalue weighted by Crippen LogP contribution is 2.24. The minimum atomic E-state index is 0.567. The van der Waals surface area contributed by atoms with Crippen LogP contribution in [0.3, 0.4) is 0 Å². The molecular weight excluding hydrogens is 196 g/mol. The van der Waals surface area contributed by atoms with E-state index in [2.05, 4.69) is 12.1 Å². The highest BCUT2D eigenvalue weighted by molar-refractivity contribution is 5.71. The third kappa shape index (κ3) is 1.78. The Balaban J connectivity index is 2.65. The lowest BCUT2D eigenvalue weighted by atomic mass is 9.98. The number of nitriles is 2. The first-order valence-electron chi connectivity index (χ1n) is 4.85. The van der Waals surface area contributed by atoms with Crippen molar-refractivity contribution < 1.29 is 0 Å². The van der Waals surface area contributed by atoms with Crippen LogP contribution < -0.4 is 0 Å². The highest BCUT2D eigenvalue weighted by Gasteiger charge is 2.05. The molecule has 16 heavy (non-hydrogen) atoms. The molecule has 0 aliphatic rings. The fourth-order valence-corrected chi connectivity index (χ4v) is 1.57. The zero-order valence-electron chi connectivity index (χ0n) is 8.51. The third-order valence-corrected chi connectivity index (χ3v) is 2.35. The van der Waals surface area contributed by atoms with Gasteiger partial charge in [0.05, 0.1) is 23.3 Å². The molecule has 2 rings (SSSR count). The van der Waals surface area contributed by atoms with Gasteiger partial charge in [-0.15, -0.1) is 0 Å². The third-order valence-electron chi connectivity index (χ3n) is 2.35. The van der Waals surface area contributed by atoms with Gasteiger partial charge in [0.2, 0.25) is 0 Å². The van der Waals surface area contributed by atoms with Crippen molar-refractivity contribution in [1.29, 1.82) is 10.5 Å². The van der Waals surface area contributed by atoms with Gasteiger partial charge in [0.25, 0.3) is 0 Å². The Morgan fingerprint density at radius 3 is 2.19 bits per heavy atom. The fourth-order valence-electron chi connectivity index (χ4n) is 1.57. The molecule has 0 atom stereocenters. The summed E-state index contributed by atoms with van der Waals surface area (Å²) in [5.41, 5.74) is 2.92. The van der Waals surface area contributed by atoms with E-state index in [1.54, 1.807) is 18.2 Å². The smallest absolute Gasteiger partial charge is 0.0998 e. The van der Waals surface area contributed by atoms with Gasteiger partial charge < -0.3 is 0 Å². The number of rotatable bonds is 1. The van der Waals surface area contributed by atoms with Crippen LogP contribution in [-0.2, 0) is 0 Å². The summed E-state index contributed by atoms with van der Waals surface area (Å²) in [7, 11) is 0. The summed E-state index contributed by atoms with van der Waals surface area (Å²) in [6.07, 6.45) is 0. The van der Waals surface area contributed by atoms with Crippen LogP contribution in [-0.4, -0.2) is 0 Å². The summed E-state index contributed by atoms with van der Waals surface area (Å²) >= 11 is 0. The topological polar surface area (TPSA) is 47.6 Å². The summed E-state index contributed by atoms with van der Waals surface area (Å²) < 4.78 is 0. The summed E-state index contributed by atoms with van der Waals surface area (Å²) in [6, 6.07) is 18.9. The van der Waals surface area contributed by atoms with Gasteiger partial charge in [-0.1, -0.05) is 30.3 Å². The van der Waals surface area contributed by atoms with Crippen LogP contribution in [0.15, 0.2) is 48.5 Å². The van der Waals surface area contributed by atoms with Crippen molar-refractivity contribution in [2.45, 2.75) is 0 Å². The first-order valence-corrected chi connectivity index (χ1v) is 4.85. The predicted molar refractivity (Wildman–Crippen MR) is 61.3 cm³/mol. The van der Waals surface area contributed by atoms with Crippen molar-refractivity contribution >= 4 is 0 Å². The highest BCUT2D eigenvalue weighted by atomic mass is 14.3. The van der Waals surface area contributed by atoms with E-state index >= 15 is 0 Å². The molecule has 2 heteroatoms. The minimum absolute atomic E-state index is 0.567. The number of nitrogens with zero attached hydrogens (tertiary/aromatic N) is 2. The molecule has 0 unspecified atom stereocenters. The SMILES string of the molecule is N#Cc1ccc(C#N)c(-c2ccccc2)c1. The maximum Gasteiger partial charge on any atom is 0.0998 e. The van der Waals surface area contributed by atoms with Crippen molar-refractivity contribution in [2.24, 2.45) is 0 Å². The molecule has 0 fully saturated rings. The van der Waals surface area contributed by atoms with Gasteiger partial charge in [-0.2, -0.15) is 10.5 Å². The second kappa shape index (κ2) is 4.29. The maximum atomic E-state index is 9.01. The summed E-state index contributed by atoms with van der Waals surface area (Å²) in [5, 5.41) is 17.9. The average molecular weight is 204 g/mol. The van der Waals surface area contributed by atoms with Gasteiger partial charge in [0, 0.05) is 5.56 Å². The van der Waals surface area contributed by atoms with Crippen LogP contribution in [0.5, 0.6) is 0 Å². The van der Waals surface area contributed by atoms with Gasteiger partial charge in [0.1, 0.15) is 0 Å². The molecule has 0 spiro atoms. The van der Waals surface area contributed by atoms with Gasteiger partial charge in [-0.3, -0.25) is 0 Å². The predicted octanol–water partition coefficient (Wildman–Crippen LogP) is 3.10. The molecule has 0 N–H and O–H groups in total. The maximum absolute atomic E-state index is 9.01. The van der Waals surface area contributed by atoms with Crippen LogP contribution in [0.2, 0.25) is 0 Å². The van der Waals surface area contributed by atoms with Crippen LogP contribution in [0.1, 0.15) is 11.1 Å². The lowest BCUT2D eigenvalue weighted by molar-refractivity contribution is 1.45. The largest absolute Gasteiger partial charge is 0.192 e. The number of hydrogen-bond acceptors (Lipinski definition) is 2. The summed E-state index contributed by atoms with van der Waals surface area (Å²) in [4.78, 5) is 0. The van der Waals surface area contributed by atoms with E-state index in [-0.39, 0.29) is 0 Å². The Labute approximate surface area is 94.0 Å². The molecule has 2 aromatic carbocycles. The van der Waals surface area contributed by atoms with E-state index in [4.69, 9.17) is 10.5 Å². The van der Waals surface area contributed by atoms with Crippen molar-refractivity contribution in [3.05, 3.63) is 59.7 Å². The number of benzene rings is 2. The van der Waals surface area contributed by atoms with Crippen LogP contribution in [0.25, 0.3) is 11.1 Å². The van der Waals surface area contributed by atoms with E-state index in [1.807, 2.05) is 30.3 Å². The monoisotopic (exact) mass is 204 g/mol. The van der Waals surface area contributed by atoms with Crippen LogP contribution in [0.4, 0.5) is 0 Å². The molecule has 74 valence electrons. The molecule has 0 aliphatic carbocycles. The first kappa shape index (κ1) is 9.96. The molecule has 0 radical (unpaired) electrons. The summed E-state index contributed by atoms with van der Waals surface area (Å²) in [5.74, 6) is 0. The standard InChI is InChI=1S/C14H8N2/c15-9-11-6-7-13(10-16)14(8-11)12-4-2-1-3-5-12/h1-8H. The summed E-state index contributed by atoms with van der Waals surface area (Å²) in [6.45, 7) is 0. The fraction of sp³-hybridized carbons (Fsp3) is 0. The van der Waals surface area contributed by atoms with Crippen LogP contribution >= 0.6 is 0 Å². The second-order valence-electron chi connectivity index (χ2n) is 3.35. The Morgan fingerprint density at radius 2 is 1.56 bits per heavy atom. The molecule has 0 amide bonds. The molecule has 0 bridgehead atoms. The zero-order chi connectivity index (χ0) is 11.4. The Morgan fingerprint density at radius 1 is 0.812 bits per heavy atom. The van der Waals surface area contributed by atoms with E-state index in [0.717, 1.165) is 11.1 Å². The number of hydrogen-bond donors (Lipinski definition) is 0. The molecule has 0 saturated heterocycles. The van der Waals surface area contributed by atoms with Crippen molar-refractivity contribution in [2.75, 3.05) is 0 Å². The molecule has 0 saturated carbocycles. The van der Waals surface area contributed by atoms with Crippen molar-refractivity contribution in [1.82, 2.24) is 0 Å². The Bertz CT molecular complexity index is 586. The van der Waals surface area contributed by atoms with Crippen molar-refractivity contribution in [3.8, 4) is 23.3 Å². The molecule has 2 nitrogen and oxygen atoms in total.